The Labute approximate surface area is 92.1 Å². The maximum absolute atomic E-state index is 4.12. The summed E-state index contributed by atoms with van der Waals surface area (Å²) in [5, 5.41) is 0. The summed E-state index contributed by atoms with van der Waals surface area (Å²) in [7, 11) is 0. The SMILES string of the molecule is [NH3+]C[C@H](c1ccccc1)[NH+]1CCCCC1. The molecule has 1 aromatic rings. The van der Waals surface area contributed by atoms with E-state index in [4.69, 9.17) is 0 Å². The van der Waals surface area contributed by atoms with Crippen LogP contribution in [0.15, 0.2) is 30.3 Å². The second-order valence-electron chi connectivity index (χ2n) is 4.47. The van der Waals surface area contributed by atoms with Gasteiger partial charge >= 0.3 is 0 Å². The molecule has 2 nitrogen and oxygen atoms in total. The second kappa shape index (κ2) is 5.29. The van der Waals surface area contributed by atoms with Crippen molar-refractivity contribution in [2.45, 2.75) is 25.3 Å². The molecule has 1 aliphatic rings. The monoisotopic (exact) mass is 206 g/mol. The lowest BCUT2D eigenvalue weighted by Crippen LogP contribution is -3.14. The van der Waals surface area contributed by atoms with Gasteiger partial charge in [-0.1, -0.05) is 30.3 Å². The Morgan fingerprint density at radius 1 is 1.07 bits per heavy atom. The molecule has 1 heterocycles. The molecule has 4 N–H and O–H groups in total. The first-order valence-electron chi connectivity index (χ1n) is 6.10. The van der Waals surface area contributed by atoms with Crippen LogP contribution in [0.3, 0.4) is 0 Å². The van der Waals surface area contributed by atoms with Crippen molar-refractivity contribution in [3.8, 4) is 0 Å². The Balaban J connectivity index is 2.09. The molecule has 0 radical (unpaired) electrons. The third kappa shape index (κ3) is 2.58. The third-order valence-corrected chi connectivity index (χ3v) is 3.48. The van der Waals surface area contributed by atoms with E-state index in [0.29, 0.717) is 6.04 Å². The van der Waals surface area contributed by atoms with Crippen molar-refractivity contribution in [3.05, 3.63) is 35.9 Å². The molecule has 15 heavy (non-hydrogen) atoms. The Kier molecular flexibility index (Phi) is 3.75. The first-order chi connectivity index (χ1) is 7.42. The van der Waals surface area contributed by atoms with E-state index in [0.717, 1.165) is 6.54 Å². The molecule has 0 spiro atoms. The van der Waals surface area contributed by atoms with Gasteiger partial charge in [-0.3, -0.25) is 0 Å². The molecule has 0 unspecified atom stereocenters. The fraction of sp³-hybridized carbons (Fsp3) is 0.538. The molecule has 0 bridgehead atoms. The summed E-state index contributed by atoms with van der Waals surface area (Å²) in [6.45, 7) is 3.67. The molecule has 1 fully saturated rings. The van der Waals surface area contributed by atoms with Gasteiger partial charge in [0.15, 0.2) is 6.04 Å². The van der Waals surface area contributed by atoms with Crippen LogP contribution >= 0.6 is 0 Å². The molecule has 0 aromatic heterocycles. The minimum absolute atomic E-state index is 0.617. The summed E-state index contributed by atoms with van der Waals surface area (Å²) in [5.74, 6) is 0. The Morgan fingerprint density at radius 2 is 1.73 bits per heavy atom. The zero-order chi connectivity index (χ0) is 10.5. The Hall–Kier alpha value is -0.860. The Bertz CT molecular complexity index is 278. The summed E-state index contributed by atoms with van der Waals surface area (Å²) >= 11 is 0. The fourth-order valence-corrected chi connectivity index (χ4v) is 2.65. The van der Waals surface area contributed by atoms with Crippen molar-refractivity contribution in [1.82, 2.24) is 0 Å². The van der Waals surface area contributed by atoms with Crippen molar-refractivity contribution in [3.63, 3.8) is 0 Å². The summed E-state index contributed by atoms with van der Waals surface area (Å²) in [5.41, 5.74) is 5.58. The standard InChI is InChI=1S/C13H20N2/c14-11-13(12-7-3-1-4-8-12)15-9-5-2-6-10-15/h1,3-4,7-8,13H,2,5-6,9-11,14H2/p+2/t13-/m1/s1. The van der Waals surface area contributed by atoms with E-state index in [-0.39, 0.29) is 0 Å². The van der Waals surface area contributed by atoms with Crippen molar-refractivity contribution in [1.29, 1.82) is 0 Å². The average molecular weight is 206 g/mol. The molecule has 1 saturated heterocycles. The summed E-state index contributed by atoms with van der Waals surface area (Å²) in [6, 6.07) is 11.5. The van der Waals surface area contributed by atoms with Gasteiger partial charge in [0.2, 0.25) is 0 Å². The van der Waals surface area contributed by atoms with Gasteiger partial charge in [-0.2, -0.15) is 0 Å². The number of nitrogens with one attached hydrogen (secondary N) is 1. The lowest BCUT2D eigenvalue weighted by Gasteiger charge is -2.29. The van der Waals surface area contributed by atoms with Crippen LogP contribution in [0, 0.1) is 0 Å². The van der Waals surface area contributed by atoms with E-state index in [1.165, 1.54) is 37.9 Å². The zero-order valence-electron chi connectivity index (χ0n) is 9.41. The number of hydrogen-bond donors (Lipinski definition) is 2. The number of likely N-dealkylation sites (tertiary alicyclic amines) is 1. The topological polar surface area (TPSA) is 32.1 Å². The lowest BCUT2D eigenvalue weighted by atomic mass is 10.0. The molecule has 2 heteroatoms. The maximum Gasteiger partial charge on any atom is 0.162 e. The smallest absolute Gasteiger partial charge is 0.162 e. The summed E-state index contributed by atoms with van der Waals surface area (Å²) in [4.78, 5) is 1.74. The molecule has 2 rings (SSSR count). The Morgan fingerprint density at radius 3 is 2.33 bits per heavy atom. The van der Waals surface area contributed by atoms with Crippen LogP contribution in [0.4, 0.5) is 0 Å². The zero-order valence-corrected chi connectivity index (χ0v) is 9.41. The van der Waals surface area contributed by atoms with Crippen molar-refractivity contribution < 1.29 is 10.6 Å². The molecular formula is C13H22N2+2. The highest BCUT2D eigenvalue weighted by Crippen LogP contribution is 2.09. The quantitative estimate of drug-likeness (QED) is 0.700. The molecule has 0 aliphatic carbocycles. The van der Waals surface area contributed by atoms with Crippen LogP contribution in [0.25, 0.3) is 0 Å². The number of benzene rings is 1. The average Bonchev–Trinajstić information content (AvgIpc) is 2.33. The van der Waals surface area contributed by atoms with Gasteiger partial charge in [-0.15, -0.1) is 0 Å². The van der Waals surface area contributed by atoms with Crippen molar-refractivity contribution in [2.24, 2.45) is 0 Å². The van der Waals surface area contributed by atoms with Crippen LogP contribution in [-0.4, -0.2) is 19.6 Å². The van der Waals surface area contributed by atoms with Crippen LogP contribution in [0.5, 0.6) is 0 Å². The fourth-order valence-electron chi connectivity index (χ4n) is 2.65. The van der Waals surface area contributed by atoms with Gasteiger partial charge in [-0.25, -0.2) is 0 Å². The normalized spacial score (nSPS) is 20.1. The minimum Gasteiger partial charge on any atom is -0.352 e. The van der Waals surface area contributed by atoms with Gasteiger partial charge in [0, 0.05) is 5.56 Å². The molecule has 0 amide bonds. The molecule has 1 aliphatic heterocycles. The van der Waals surface area contributed by atoms with E-state index in [2.05, 4.69) is 36.1 Å². The van der Waals surface area contributed by atoms with E-state index in [1.54, 1.807) is 4.90 Å². The first-order valence-corrected chi connectivity index (χ1v) is 6.10. The second-order valence-corrected chi connectivity index (χ2v) is 4.47. The molecule has 82 valence electrons. The number of quaternary nitrogens is 2. The number of piperidine rings is 1. The molecule has 1 atom stereocenters. The molecule has 1 aromatic carbocycles. The minimum atomic E-state index is 0.617. The van der Waals surface area contributed by atoms with E-state index in [1.807, 2.05) is 0 Å². The van der Waals surface area contributed by atoms with Crippen LogP contribution in [0.2, 0.25) is 0 Å². The van der Waals surface area contributed by atoms with Crippen LogP contribution in [0.1, 0.15) is 30.9 Å². The summed E-state index contributed by atoms with van der Waals surface area (Å²) < 4.78 is 0. The van der Waals surface area contributed by atoms with E-state index in [9.17, 15) is 0 Å². The summed E-state index contributed by atoms with van der Waals surface area (Å²) in [6.07, 6.45) is 4.19. The van der Waals surface area contributed by atoms with Gasteiger partial charge in [0.25, 0.3) is 0 Å². The van der Waals surface area contributed by atoms with E-state index >= 15 is 0 Å². The van der Waals surface area contributed by atoms with Crippen molar-refractivity contribution >= 4 is 0 Å². The highest BCUT2D eigenvalue weighted by Gasteiger charge is 2.25. The predicted molar refractivity (Wildman–Crippen MR) is 61.5 cm³/mol. The first kappa shape index (κ1) is 10.7. The van der Waals surface area contributed by atoms with Gasteiger partial charge in [0.05, 0.1) is 13.1 Å². The number of hydrogen-bond acceptors (Lipinski definition) is 0. The molecule has 0 saturated carbocycles. The largest absolute Gasteiger partial charge is 0.352 e. The maximum atomic E-state index is 4.12. The van der Waals surface area contributed by atoms with Crippen molar-refractivity contribution in [2.75, 3.05) is 19.6 Å². The number of rotatable bonds is 3. The molecular weight excluding hydrogens is 184 g/mol. The van der Waals surface area contributed by atoms with Crippen LogP contribution < -0.4 is 10.6 Å². The third-order valence-electron chi connectivity index (χ3n) is 3.48. The lowest BCUT2D eigenvalue weighted by molar-refractivity contribution is -0.942. The highest BCUT2D eigenvalue weighted by molar-refractivity contribution is 5.17. The highest BCUT2D eigenvalue weighted by atomic mass is 15.2. The van der Waals surface area contributed by atoms with Gasteiger partial charge in [-0.05, 0) is 19.3 Å². The van der Waals surface area contributed by atoms with Gasteiger partial charge < -0.3 is 10.6 Å². The predicted octanol–water partition coefficient (Wildman–Crippen LogP) is 0.0384. The van der Waals surface area contributed by atoms with Gasteiger partial charge in [0.1, 0.15) is 6.54 Å². The van der Waals surface area contributed by atoms with E-state index < -0.39 is 0 Å². The van der Waals surface area contributed by atoms with Crippen LogP contribution in [-0.2, 0) is 0 Å².